The molecule has 2 atom stereocenters. The van der Waals surface area contributed by atoms with Crippen molar-refractivity contribution in [1.29, 1.82) is 0 Å². The number of hydrogen-bond donors (Lipinski definition) is 3. The zero-order valence-electron chi connectivity index (χ0n) is 16.5. The van der Waals surface area contributed by atoms with Crippen molar-refractivity contribution in [1.82, 2.24) is 15.1 Å². The van der Waals surface area contributed by atoms with Crippen molar-refractivity contribution in [2.24, 2.45) is 5.73 Å². The summed E-state index contributed by atoms with van der Waals surface area (Å²) in [6.45, 7) is 2.43. The van der Waals surface area contributed by atoms with E-state index < -0.39 is 35.3 Å². The molecule has 3 aliphatic rings. The van der Waals surface area contributed by atoms with Crippen LogP contribution in [0.2, 0.25) is 0 Å². The minimum atomic E-state index is -1.58. The van der Waals surface area contributed by atoms with Gasteiger partial charge in [-0.2, -0.15) is 0 Å². The fraction of sp³-hybridized carbons (Fsp3) is 0.550. The lowest BCUT2D eigenvalue weighted by molar-refractivity contribution is -0.135. The number of aliphatic hydroxyl groups is 1. The van der Waals surface area contributed by atoms with Gasteiger partial charge in [-0.05, 0) is 44.0 Å². The molecule has 0 aromatic heterocycles. The molecule has 1 aromatic carbocycles. The molecule has 0 aliphatic carbocycles. The van der Waals surface area contributed by atoms with Crippen LogP contribution in [-0.4, -0.2) is 71.1 Å². The number of rotatable bonds is 5. The zero-order valence-corrected chi connectivity index (χ0v) is 16.5. The number of urea groups is 1. The minimum Gasteiger partial charge on any atom is -0.480 e. The first-order chi connectivity index (χ1) is 14.3. The van der Waals surface area contributed by atoms with E-state index in [4.69, 9.17) is 10.5 Å². The monoisotopic (exact) mass is 420 g/mol. The second kappa shape index (κ2) is 7.84. The van der Waals surface area contributed by atoms with Crippen molar-refractivity contribution >= 4 is 17.8 Å². The molecule has 162 valence electrons. The van der Waals surface area contributed by atoms with Crippen LogP contribution in [0.25, 0.3) is 0 Å². The molecule has 1 aromatic rings. The lowest BCUT2D eigenvalue weighted by Crippen LogP contribution is -2.53. The number of primary amides is 1. The van der Waals surface area contributed by atoms with Crippen molar-refractivity contribution in [2.75, 3.05) is 26.2 Å². The molecule has 9 nitrogen and oxygen atoms in total. The normalized spacial score (nSPS) is 27.1. The summed E-state index contributed by atoms with van der Waals surface area (Å²) in [7, 11) is 0. The van der Waals surface area contributed by atoms with Gasteiger partial charge in [0.2, 0.25) is 0 Å². The second-order valence-corrected chi connectivity index (χ2v) is 8.07. The summed E-state index contributed by atoms with van der Waals surface area (Å²) in [5.74, 6) is -1.74. The fourth-order valence-corrected chi connectivity index (χ4v) is 4.43. The average molecular weight is 420 g/mol. The van der Waals surface area contributed by atoms with Crippen molar-refractivity contribution < 1.29 is 28.6 Å². The van der Waals surface area contributed by atoms with Gasteiger partial charge in [0, 0.05) is 31.6 Å². The highest BCUT2D eigenvalue weighted by atomic mass is 19.1. The van der Waals surface area contributed by atoms with Gasteiger partial charge in [0.25, 0.3) is 11.8 Å². The van der Waals surface area contributed by atoms with Gasteiger partial charge in [0.05, 0.1) is 6.10 Å². The number of nitrogens with two attached hydrogens (primary N) is 1. The molecular weight excluding hydrogens is 395 g/mol. The molecule has 0 saturated carbocycles. The molecule has 4 rings (SSSR count). The number of benzene rings is 1. The van der Waals surface area contributed by atoms with Crippen LogP contribution in [0.5, 0.6) is 5.75 Å². The van der Waals surface area contributed by atoms with Gasteiger partial charge in [-0.3, -0.25) is 14.5 Å². The quantitative estimate of drug-likeness (QED) is 0.579. The van der Waals surface area contributed by atoms with Crippen LogP contribution in [0.1, 0.15) is 31.2 Å². The van der Waals surface area contributed by atoms with Crippen LogP contribution in [0.15, 0.2) is 18.2 Å². The van der Waals surface area contributed by atoms with Gasteiger partial charge in [-0.15, -0.1) is 0 Å². The first kappa shape index (κ1) is 20.5. The number of nitrogens with zero attached hydrogens (tertiary/aromatic N) is 2. The summed E-state index contributed by atoms with van der Waals surface area (Å²) in [5, 5.41) is 12.3. The number of piperidine rings is 1. The zero-order chi connectivity index (χ0) is 21.5. The Labute approximate surface area is 172 Å². The van der Waals surface area contributed by atoms with Crippen LogP contribution in [0, 0.1) is 5.82 Å². The number of ether oxygens (including phenoxy) is 1. The Bertz CT molecular complexity index is 873. The number of imide groups is 1. The molecule has 2 saturated heterocycles. The molecule has 2 fully saturated rings. The minimum absolute atomic E-state index is 0.147. The molecule has 0 bridgehead atoms. The number of nitrogens with one attached hydrogen (secondary N) is 1. The standard InChI is InChI=1S/C20H25FN4O5/c21-12-2-3-15-14(10-12)20(11-16(30-15)17(22)27)18(28)25(19(29)23-20)7-1-6-24-8-4-13(26)5-9-24/h2-3,10,13,16,26H,1,4-9,11H2,(H2,22,27)(H,23,29). The average Bonchev–Trinajstić information content (AvgIpc) is 2.94. The Kier molecular flexibility index (Phi) is 5.37. The van der Waals surface area contributed by atoms with Crippen LogP contribution in [0.3, 0.4) is 0 Å². The van der Waals surface area contributed by atoms with E-state index >= 15 is 0 Å². The summed E-state index contributed by atoms with van der Waals surface area (Å²) < 4.78 is 19.5. The molecule has 4 amide bonds. The topological polar surface area (TPSA) is 125 Å². The third-order valence-electron chi connectivity index (χ3n) is 6.07. The maximum atomic E-state index is 13.9. The van der Waals surface area contributed by atoms with Gasteiger partial charge in [0.15, 0.2) is 11.6 Å². The number of hydrogen-bond acceptors (Lipinski definition) is 6. The molecule has 1 spiro atoms. The summed E-state index contributed by atoms with van der Waals surface area (Å²) in [5.41, 5.74) is 4.00. The van der Waals surface area contributed by atoms with Crippen LogP contribution in [0.4, 0.5) is 9.18 Å². The second-order valence-electron chi connectivity index (χ2n) is 8.07. The van der Waals surface area contributed by atoms with E-state index in [9.17, 15) is 23.9 Å². The molecule has 3 aliphatic heterocycles. The van der Waals surface area contributed by atoms with Crippen molar-refractivity contribution in [3.63, 3.8) is 0 Å². The lowest BCUT2D eigenvalue weighted by Gasteiger charge is -2.36. The van der Waals surface area contributed by atoms with Gasteiger partial charge in [-0.25, -0.2) is 9.18 Å². The predicted octanol–water partition coefficient (Wildman–Crippen LogP) is 0.0560. The van der Waals surface area contributed by atoms with Crippen molar-refractivity contribution in [3.05, 3.63) is 29.6 Å². The van der Waals surface area contributed by atoms with E-state index in [0.717, 1.165) is 30.1 Å². The van der Waals surface area contributed by atoms with Crippen LogP contribution in [-0.2, 0) is 15.1 Å². The molecule has 2 unspecified atom stereocenters. The highest BCUT2D eigenvalue weighted by molar-refractivity contribution is 6.08. The number of aliphatic hydroxyl groups excluding tert-OH is 1. The summed E-state index contributed by atoms with van der Waals surface area (Å²) in [6.07, 6.45) is 0.416. The van der Waals surface area contributed by atoms with Crippen LogP contribution < -0.4 is 15.8 Å². The lowest BCUT2D eigenvalue weighted by atomic mass is 9.81. The van der Waals surface area contributed by atoms with E-state index in [1.807, 2.05) is 0 Å². The molecule has 10 heteroatoms. The van der Waals surface area contributed by atoms with E-state index in [1.165, 1.54) is 6.07 Å². The Morgan fingerprint density at radius 1 is 1.30 bits per heavy atom. The highest BCUT2D eigenvalue weighted by Crippen LogP contribution is 2.43. The van der Waals surface area contributed by atoms with Gasteiger partial charge in [0.1, 0.15) is 11.6 Å². The van der Waals surface area contributed by atoms with Gasteiger partial charge < -0.3 is 25.8 Å². The van der Waals surface area contributed by atoms with E-state index in [2.05, 4.69) is 10.2 Å². The predicted molar refractivity (Wildman–Crippen MR) is 103 cm³/mol. The van der Waals surface area contributed by atoms with Crippen LogP contribution >= 0.6 is 0 Å². The van der Waals surface area contributed by atoms with E-state index in [0.29, 0.717) is 25.8 Å². The number of carbonyl (C=O) groups is 3. The van der Waals surface area contributed by atoms with E-state index in [1.54, 1.807) is 0 Å². The first-order valence-corrected chi connectivity index (χ1v) is 10.1. The largest absolute Gasteiger partial charge is 0.480 e. The number of amides is 4. The molecule has 0 radical (unpaired) electrons. The molecule has 3 heterocycles. The summed E-state index contributed by atoms with van der Waals surface area (Å²) in [4.78, 5) is 41.0. The fourth-order valence-electron chi connectivity index (χ4n) is 4.43. The van der Waals surface area contributed by atoms with Gasteiger partial charge >= 0.3 is 6.03 Å². The SMILES string of the molecule is NC(=O)C1CC2(NC(=O)N(CCCN3CCC(O)CC3)C2=O)c2cc(F)ccc2O1. The van der Waals surface area contributed by atoms with Gasteiger partial charge in [-0.1, -0.05) is 0 Å². The first-order valence-electron chi connectivity index (χ1n) is 10.1. The van der Waals surface area contributed by atoms with Crippen molar-refractivity contribution in [3.8, 4) is 5.75 Å². The van der Waals surface area contributed by atoms with E-state index in [-0.39, 0.29) is 30.4 Å². The molecular formula is C20H25FN4O5. The Balaban J connectivity index is 1.52. The number of halogens is 1. The molecule has 30 heavy (non-hydrogen) atoms. The number of carbonyl (C=O) groups excluding carboxylic acids is 3. The Hall–Kier alpha value is -2.72. The Morgan fingerprint density at radius 2 is 2.03 bits per heavy atom. The van der Waals surface area contributed by atoms with Crippen molar-refractivity contribution in [2.45, 2.75) is 43.4 Å². The smallest absolute Gasteiger partial charge is 0.325 e. The summed E-state index contributed by atoms with van der Waals surface area (Å²) >= 11 is 0. The number of likely N-dealkylation sites (tertiary alicyclic amines) is 1. The maximum absolute atomic E-state index is 13.9. The highest BCUT2D eigenvalue weighted by Gasteiger charge is 2.57. The molecule has 4 N–H and O–H groups in total. The maximum Gasteiger partial charge on any atom is 0.325 e. The Morgan fingerprint density at radius 3 is 2.73 bits per heavy atom. The number of fused-ring (bicyclic) bond motifs is 2. The third kappa shape index (κ3) is 3.61. The summed E-state index contributed by atoms with van der Waals surface area (Å²) in [6, 6.07) is 3.04. The third-order valence-corrected chi connectivity index (χ3v) is 6.07.